The highest BCUT2D eigenvalue weighted by molar-refractivity contribution is 5.46. The highest BCUT2D eigenvalue weighted by Crippen LogP contribution is 2.28. The number of likely N-dealkylation sites (tertiary alicyclic amines) is 1. The topological polar surface area (TPSA) is 75.6 Å². The molecular weight excluding hydrogens is 330 g/mol. The van der Waals surface area contributed by atoms with Crippen LogP contribution in [0.2, 0.25) is 0 Å². The lowest BCUT2D eigenvalue weighted by atomic mass is 9.96. The summed E-state index contributed by atoms with van der Waals surface area (Å²) >= 11 is 0. The molecule has 5 rings (SSSR count). The smallest absolute Gasteiger partial charge is 0.180 e. The molecule has 5 heterocycles. The van der Waals surface area contributed by atoms with Crippen LogP contribution in [0, 0.1) is 0 Å². The van der Waals surface area contributed by atoms with Gasteiger partial charge in [0.1, 0.15) is 12.1 Å². The molecule has 8 nitrogen and oxygen atoms in total. The summed E-state index contributed by atoms with van der Waals surface area (Å²) in [5.41, 5.74) is 1.83. The second kappa shape index (κ2) is 6.68. The Morgan fingerprint density at radius 1 is 1.04 bits per heavy atom. The summed E-state index contributed by atoms with van der Waals surface area (Å²) in [6.07, 6.45) is 7.84. The van der Waals surface area contributed by atoms with E-state index in [4.69, 9.17) is 9.52 Å². The van der Waals surface area contributed by atoms with Gasteiger partial charge in [-0.2, -0.15) is 4.52 Å². The molecule has 0 unspecified atom stereocenters. The van der Waals surface area contributed by atoms with Crippen LogP contribution in [-0.2, 0) is 6.54 Å². The van der Waals surface area contributed by atoms with Crippen LogP contribution in [-0.4, -0.2) is 55.9 Å². The lowest BCUT2D eigenvalue weighted by Crippen LogP contribution is -2.33. The summed E-state index contributed by atoms with van der Waals surface area (Å²) < 4.78 is 7.03. The van der Waals surface area contributed by atoms with E-state index in [2.05, 4.69) is 31.0 Å². The number of nitrogens with zero attached hydrogens (tertiary/aromatic N) is 7. The van der Waals surface area contributed by atoms with E-state index >= 15 is 0 Å². The van der Waals surface area contributed by atoms with Crippen molar-refractivity contribution in [3.63, 3.8) is 0 Å². The molecule has 2 aliphatic rings. The van der Waals surface area contributed by atoms with Crippen molar-refractivity contribution < 1.29 is 4.42 Å². The normalized spacial score (nSPS) is 19.6. The van der Waals surface area contributed by atoms with Gasteiger partial charge in [-0.1, -0.05) is 0 Å². The van der Waals surface area contributed by atoms with E-state index in [1.807, 2.05) is 10.6 Å². The molecule has 2 saturated heterocycles. The van der Waals surface area contributed by atoms with Gasteiger partial charge in [-0.3, -0.25) is 4.90 Å². The summed E-state index contributed by atoms with van der Waals surface area (Å²) in [5.74, 6) is 2.45. The summed E-state index contributed by atoms with van der Waals surface area (Å²) in [4.78, 5) is 8.99. The molecule has 0 aliphatic carbocycles. The average molecular weight is 353 g/mol. The summed E-state index contributed by atoms with van der Waals surface area (Å²) in [5, 5.41) is 13.7. The van der Waals surface area contributed by atoms with Crippen LogP contribution in [0.25, 0.3) is 5.65 Å². The first-order valence-electron chi connectivity index (χ1n) is 9.43. The molecule has 26 heavy (non-hydrogen) atoms. The van der Waals surface area contributed by atoms with Crippen molar-refractivity contribution in [3.05, 3.63) is 36.3 Å². The SMILES string of the molecule is c1nc(CN2CCC(c3nnc4ccc(N5CCCC5)nn34)CC2)co1. The van der Waals surface area contributed by atoms with Crippen LogP contribution in [0.3, 0.4) is 0 Å². The van der Waals surface area contributed by atoms with E-state index in [9.17, 15) is 0 Å². The first-order chi connectivity index (χ1) is 12.9. The largest absolute Gasteiger partial charge is 0.451 e. The van der Waals surface area contributed by atoms with Gasteiger partial charge in [0.25, 0.3) is 0 Å². The van der Waals surface area contributed by atoms with Crippen molar-refractivity contribution in [2.75, 3.05) is 31.1 Å². The van der Waals surface area contributed by atoms with E-state index in [0.717, 1.165) is 68.5 Å². The van der Waals surface area contributed by atoms with Crippen molar-refractivity contribution in [1.29, 1.82) is 0 Å². The molecule has 0 N–H and O–H groups in total. The van der Waals surface area contributed by atoms with E-state index in [1.54, 1.807) is 6.26 Å². The summed E-state index contributed by atoms with van der Waals surface area (Å²) in [6.45, 7) is 5.09. The fraction of sp³-hybridized carbons (Fsp3) is 0.556. The van der Waals surface area contributed by atoms with Gasteiger partial charge in [0.05, 0.1) is 5.69 Å². The Bertz CT molecular complexity index is 861. The molecular formula is C18H23N7O. The van der Waals surface area contributed by atoms with Crippen molar-refractivity contribution in [2.45, 2.75) is 38.1 Å². The van der Waals surface area contributed by atoms with E-state index in [0.29, 0.717) is 5.92 Å². The quantitative estimate of drug-likeness (QED) is 0.711. The van der Waals surface area contributed by atoms with Crippen molar-refractivity contribution in [1.82, 2.24) is 29.7 Å². The Kier molecular flexibility index (Phi) is 4.05. The van der Waals surface area contributed by atoms with Crippen LogP contribution in [0.1, 0.15) is 43.1 Å². The molecule has 0 bridgehead atoms. The number of hydrogen-bond donors (Lipinski definition) is 0. The van der Waals surface area contributed by atoms with E-state index < -0.39 is 0 Å². The average Bonchev–Trinajstić information content (AvgIpc) is 3.43. The van der Waals surface area contributed by atoms with Gasteiger partial charge in [0.15, 0.2) is 17.9 Å². The fourth-order valence-electron chi connectivity index (χ4n) is 4.06. The van der Waals surface area contributed by atoms with E-state index in [1.165, 1.54) is 19.2 Å². The van der Waals surface area contributed by atoms with Gasteiger partial charge < -0.3 is 9.32 Å². The standard InChI is InChI=1S/C18H23N7O/c1-2-8-24(7-1)17-4-3-16-20-21-18(25(16)22-17)14-5-9-23(10-6-14)11-15-12-26-13-19-15/h3-4,12-14H,1-2,5-11H2. The molecule has 8 heteroatoms. The van der Waals surface area contributed by atoms with Gasteiger partial charge in [-0.15, -0.1) is 15.3 Å². The van der Waals surface area contributed by atoms with Crippen molar-refractivity contribution in [3.8, 4) is 0 Å². The van der Waals surface area contributed by atoms with Crippen LogP contribution in [0.4, 0.5) is 5.82 Å². The molecule has 0 radical (unpaired) electrons. The zero-order valence-corrected chi connectivity index (χ0v) is 14.8. The lowest BCUT2D eigenvalue weighted by molar-refractivity contribution is 0.198. The Hall–Kier alpha value is -2.48. The zero-order chi connectivity index (χ0) is 17.3. The first kappa shape index (κ1) is 15.7. The predicted octanol–water partition coefficient (Wildman–Crippen LogP) is 2.09. The van der Waals surface area contributed by atoms with Crippen molar-refractivity contribution in [2.24, 2.45) is 0 Å². The van der Waals surface area contributed by atoms with Gasteiger partial charge in [-0.25, -0.2) is 4.98 Å². The van der Waals surface area contributed by atoms with E-state index in [-0.39, 0.29) is 0 Å². The molecule has 0 spiro atoms. The Labute approximate surface area is 151 Å². The third-order valence-electron chi connectivity index (χ3n) is 5.52. The molecule has 0 aromatic carbocycles. The maximum atomic E-state index is 5.07. The summed E-state index contributed by atoms with van der Waals surface area (Å²) in [6, 6.07) is 4.11. The number of fused-ring (bicyclic) bond motifs is 1. The predicted molar refractivity (Wildman–Crippen MR) is 96.0 cm³/mol. The highest BCUT2D eigenvalue weighted by Gasteiger charge is 2.26. The second-order valence-electron chi connectivity index (χ2n) is 7.24. The highest BCUT2D eigenvalue weighted by atomic mass is 16.3. The molecule has 3 aromatic heterocycles. The molecule has 136 valence electrons. The van der Waals surface area contributed by atoms with Crippen LogP contribution in [0.5, 0.6) is 0 Å². The number of oxazole rings is 1. The number of rotatable bonds is 4. The van der Waals surface area contributed by atoms with Crippen LogP contribution < -0.4 is 4.90 Å². The monoisotopic (exact) mass is 353 g/mol. The number of piperidine rings is 1. The molecule has 2 aliphatic heterocycles. The molecule has 0 saturated carbocycles. The summed E-state index contributed by atoms with van der Waals surface area (Å²) in [7, 11) is 0. The number of hydrogen-bond acceptors (Lipinski definition) is 7. The van der Waals surface area contributed by atoms with Crippen molar-refractivity contribution >= 4 is 11.5 Å². The van der Waals surface area contributed by atoms with Gasteiger partial charge >= 0.3 is 0 Å². The Morgan fingerprint density at radius 2 is 1.88 bits per heavy atom. The van der Waals surface area contributed by atoms with Gasteiger partial charge in [-0.05, 0) is 50.9 Å². The second-order valence-corrected chi connectivity index (χ2v) is 7.24. The first-order valence-corrected chi connectivity index (χ1v) is 9.43. The molecule has 0 amide bonds. The van der Waals surface area contributed by atoms with Crippen LogP contribution >= 0.6 is 0 Å². The maximum Gasteiger partial charge on any atom is 0.180 e. The minimum atomic E-state index is 0.403. The minimum absolute atomic E-state index is 0.403. The van der Waals surface area contributed by atoms with Crippen LogP contribution in [0.15, 0.2) is 29.2 Å². The maximum absolute atomic E-state index is 5.07. The molecule has 3 aromatic rings. The Balaban J connectivity index is 1.32. The number of aromatic nitrogens is 5. The third-order valence-corrected chi connectivity index (χ3v) is 5.52. The molecule has 0 atom stereocenters. The fourth-order valence-corrected chi connectivity index (χ4v) is 4.06. The van der Waals surface area contributed by atoms with Gasteiger partial charge in [0, 0.05) is 25.6 Å². The van der Waals surface area contributed by atoms with Gasteiger partial charge in [0.2, 0.25) is 0 Å². The lowest BCUT2D eigenvalue weighted by Gasteiger charge is -2.30. The minimum Gasteiger partial charge on any atom is -0.451 e. The number of anilines is 1. The zero-order valence-electron chi connectivity index (χ0n) is 14.8. The molecule has 2 fully saturated rings. The third kappa shape index (κ3) is 2.94. The Morgan fingerprint density at radius 3 is 2.65 bits per heavy atom.